The highest BCUT2D eigenvalue weighted by Gasteiger charge is 2.17. The molecule has 0 saturated carbocycles. The van der Waals surface area contributed by atoms with Gasteiger partial charge in [-0.15, -0.1) is 11.3 Å². The first-order chi connectivity index (χ1) is 13.3. The number of aliphatic hydroxyl groups is 1. The average Bonchev–Trinajstić information content (AvgIpc) is 3.37. The number of ether oxygens (including phenoxy) is 1. The Labute approximate surface area is 160 Å². The maximum atomic E-state index is 10.3. The second-order valence-corrected chi connectivity index (χ2v) is 6.89. The number of methoxy groups -OCH3 is 1. The quantitative estimate of drug-likeness (QED) is 0.498. The van der Waals surface area contributed by atoms with Crippen LogP contribution in [0.2, 0.25) is 0 Å². The van der Waals surface area contributed by atoms with Crippen molar-refractivity contribution in [1.29, 1.82) is 0 Å². The molecule has 4 aromatic rings. The van der Waals surface area contributed by atoms with Gasteiger partial charge in [0.15, 0.2) is 5.82 Å². The van der Waals surface area contributed by atoms with E-state index in [4.69, 9.17) is 9.15 Å². The van der Waals surface area contributed by atoms with Crippen molar-refractivity contribution >= 4 is 27.4 Å². The number of aliphatic hydroxyl groups excluding tert-OH is 1. The minimum Gasteiger partial charge on any atom is -0.467 e. The molecule has 6 nitrogen and oxygen atoms in total. The Kier molecular flexibility index (Phi) is 5.15. The summed E-state index contributed by atoms with van der Waals surface area (Å²) >= 11 is 1.57. The van der Waals surface area contributed by atoms with Gasteiger partial charge in [-0.25, -0.2) is 9.97 Å². The summed E-state index contributed by atoms with van der Waals surface area (Å²) in [5.74, 6) is 1.79. The van der Waals surface area contributed by atoms with E-state index in [1.807, 2.05) is 18.2 Å². The lowest BCUT2D eigenvalue weighted by Crippen LogP contribution is -2.13. The minimum atomic E-state index is -0.769. The van der Waals surface area contributed by atoms with E-state index >= 15 is 0 Å². The summed E-state index contributed by atoms with van der Waals surface area (Å²) in [6, 6.07) is 13.6. The van der Waals surface area contributed by atoms with Crippen molar-refractivity contribution in [3.05, 3.63) is 65.7 Å². The number of fused-ring (bicyclic) bond motifs is 1. The second kappa shape index (κ2) is 7.87. The summed E-state index contributed by atoms with van der Waals surface area (Å²) in [6.45, 7) is 0.597. The molecule has 0 bridgehead atoms. The lowest BCUT2D eigenvalue weighted by molar-refractivity contribution is 0.162. The van der Waals surface area contributed by atoms with Gasteiger partial charge < -0.3 is 19.6 Å². The van der Waals surface area contributed by atoms with Gasteiger partial charge in [0.25, 0.3) is 0 Å². The molecule has 138 valence electrons. The van der Waals surface area contributed by atoms with Crippen molar-refractivity contribution in [2.75, 3.05) is 19.0 Å². The summed E-state index contributed by atoms with van der Waals surface area (Å²) in [5.41, 5.74) is 2.16. The van der Waals surface area contributed by atoms with Gasteiger partial charge in [0.1, 0.15) is 29.1 Å². The summed E-state index contributed by atoms with van der Waals surface area (Å²) in [7, 11) is 1.62. The molecule has 0 amide bonds. The lowest BCUT2D eigenvalue weighted by atomic mass is 10.1. The van der Waals surface area contributed by atoms with E-state index in [0.717, 1.165) is 21.3 Å². The standard InChI is InChI=1S/C20H19N3O3S/c1-25-11-17-22-19(21-10-15(24)16-8-5-9-26-16)18-14(12-27-20(18)23-17)13-6-3-2-4-7-13/h2-9,12,15,24H,10-11H2,1H3,(H,21,22,23)/t15-/m0/s1. The van der Waals surface area contributed by atoms with Crippen molar-refractivity contribution in [2.45, 2.75) is 12.7 Å². The van der Waals surface area contributed by atoms with Crippen molar-refractivity contribution < 1.29 is 14.3 Å². The third-order valence-corrected chi connectivity index (χ3v) is 5.04. The molecule has 0 saturated heterocycles. The van der Waals surface area contributed by atoms with E-state index in [1.165, 1.54) is 0 Å². The molecule has 1 aromatic carbocycles. The van der Waals surface area contributed by atoms with E-state index in [9.17, 15) is 5.11 Å². The fourth-order valence-corrected chi connectivity index (χ4v) is 3.88. The van der Waals surface area contributed by atoms with Crippen LogP contribution in [0.15, 0.2) is 58.5 Å². The highest BCUT2D eigenvalue weighted by Crippen LogP contribution is 2.37. The molecule has 7 heteroatoms. The fraction of sp³-hybridized carbons (Fsp3) is 0.200. The van der Waals surface area contributed by atoms with Gasteiger partial charge >= 0.3 is 0 Å². The van der Waals surface area contributed by atoms with E-state index < -0.39 is 6.10 Å². The Bertz CT molecular complexity index is 1020. The van der Waals surface area contributed by atoms with Crippen LogP contribution >= 0.6 is 11.3 Å². The number of thiophene rings is 1. The van der Waals surface area contributed by atoms with Crippen LogP contribution in [0.4, 0.5) is 5.82 Å². The first-order valence-electron chi connectivity index (χ1n) is 8.54. The molecule has 0 aliphatic heterocycles. The normalized spacial score (nSPS) is 12.4. The summed E-state index contributed by atoms with van der Waals surface area (Å²) in [6.07, 6.45) is 0.777. The maximum absolute atomic E-state index is 10.3. The number of hydrogen-bond acceptors (Lipinski definition) is 7. The summed E-state index contributed by atoms with van der Waals surface area (Å²) in [4.78, 5) is 10.1. The Morgan fingerprint density at radius 3 is 2.78 bits per heavy atom. The second-order valence-electron chi connectivity index (χ2n) is 6.03. The molecular formula is C20H19N3O3S. The van der Waals surface area contributed by atoms with Crippen LogP contribution in [0.1, 0.15) is 17.7 Å². The molecule has 0 fully saturated rings. The molecule has 0 aliphatic carbocycles. The average molecular weight is 381 g/mol. The van der Waals surface area contributed by atoms with Crippen LogP contribution < -0.4 is 5.32 Å². The molecule has 27 heavy (non-hydrogen) atoms. The van der Waals surface area contributed by atoms with Gasteiger partial charge in [-0.2, -0.15) is 0 Å². The number of anilines is 1. The predicted octanol–water partition coefficient (Wildman–Crippen LogP) is 4.24. The summed E-state index contributed by atoms with van der Waals surface area (Å²) in [5, 5.41) is 16.6. The van der Waals surface area contributed by atoms with Gasteiger partial charge in [-0.1, -0.05) is 30.3 Å². The van der Waals surface area contributed by atoms with Gasteiger partial charge in [0, 0.05) is 24.6 Å². The Morgan fingerprint density at radius 1 is 1.19 bits per heavy atom. The first kappa shape index (κ1) is 17.7. The number of rotatable bonds is 7. The topological polar surface area (TPSA) is 80.4 Å². The third-order valence-electron chi connectivity index (χ3n) is 4.17. The Balaban J connectivity index is 1.72. The van der Waals surface area contributed by atoms with Crippen LogP contribution in [0.3, 0.4) is 0 Å². The minimum absolute atomic E-state index is 0.274. The SMILES string of the molecule is COCc1nc(NC[C@H](O)c2ccco2)c2c(-c3ccccc3)csc2n1. The number of nitrogens with one attached hydrogen (secondary N) is 1. The first-order valence-corrected chi connectivity index (χ1v) is 9.42. The number of furan rings is 1. The van der Waals surface area contributed by atoms with E-state index in [2.05, 4.69) is 32.8 Å². The predicted molar refractivity (Wildman–Crippen MR) is 106 cm³/mol. The number of benzene rings is 1. The molecule has 1 atom stereocenters. The Hall–Kier alpha value is -2.74. The molecule has 3 heterocycles. The van der Waals surface area contributed by atoms with Gasteiger partial charge in [0.2, 0.25) is 0 Å². The number of nitrogens with zero attached hydrogens (tertiary/aromatic N) is 2. The van der Waals surface area contributed by atoms with Gasteiger partial charge in [-0.3, -0.25) is 0 Å². The van der Waals surface area contributed by atoms with Crippen molar-refractivity contribution in [3.63, 3.8) is 0 Å². The zero-order valence-electron chi connectivity index (χ0n) is 14.8. The smallest absolute Gasteiger partial charge is 0.158 e. The zero-order chi connectivity index (χ0) is 18.6. The summed E-state index contributed by atoms with van der Waals surface area (Å²) < 4.78 is 10.5. The maximum Gasteiger partial charge on any atom is 0.158 e. The van der Waals surface area contributed by atoms with Crippen LogP contribution in [0.25, 0.3) is 21.3 Å². The van der Waals surface area contributed by atoms with E-state index in [0.29, 0.717) is 24.0 Å². The molecule has 4 rings (SSSR count). The van der Waals surface area contributed by atoms with Crippen molar-refractivity contribution in [1.82, 2.24) is 9.97 Å². The van der Waals surface area contributed by atoms with Gasteiger partial charge in [-0.05, 0) is 17.7 Å². The Morgan fingerprint density at radius 2 is 2.04 bits per heavy atom. The van der Waals surface area contributed by atoms with Crippen LogP contribution in [0, 0.1) is 0 Å². The fourth-order valence-electron chi connectivity index (χ4n) is 2.91. The zero-order valence-corrected chi connectivity index (χ0v) is 15.6. The molecule has 0 aliphatic rings. The molecular weight excluding hydrogens is 362 g/mol. The van der Waals surface area contributed by atoms with Crippen molar-refractivity contribution in [3.8, 4) is 11.1 Å². The van der Waals surface area contributed by atoms with Gasteiger partial charge in [0.05, 0.1) is 11.6 Å². The largest absolute Gasteiger partial charge is 0.467 e. The highest BCUT2D eigenvalue weighted by molar-refractivity contribution is 7.17. The highest BCUT2D eigenvalue weighted by atomic mass is 32.1. The molecule has 0 radical (unpaired) electrons. The van der Waals surface area contributed by atoms with Crippen LogP contribution in [-0.4, -0.2) is 28.7 Å². The van der Waals surface area contributed by atoms with Crippen molar-refractivity contribution in [2.24, 2.45) is 0 Å². The van der Waals surface area contributed by atoms with Crippen LogP contribution in [-0.2, 0) is 11.3 Å². The molecule has 0 spiro atoms. The monoisotopic (exact) mass is 381 g/mol. The lowest BCUT2D eigenvalue weighted by Gasteiger charge is -2.13. The third kappa shape index (κ3) is 3.71. The molecule has 3 aromatic heterocycles. The van der Waals surface area contributed by atoms with Crippen LogP contribution in [0.5, 0.6) is 0 Å². The molecule has 2 N–H and O–H groups in total. The van der Waals surface area contributed by atoms with E-state index in [1.54, 1.807) is 36.8 Å². The number of aromatic nitrogens is 2. The number of hydrogen-bond donors (Lipinski definition) is 2. The molecule has 0 unspecified atom stereocenters. The van der Waals surface area contributed by atoms with E-state index in [-0.39, 0.29) is 6.54 Å².